The molecular formula is C14H11FN4OS. The number of aromatic nitrogens is 2. The third-order valence-corrected chi connectivity index (χ3v) is 4.07. The van der Waals surface area contributed by atoms with Crippen LogP contribution in [0, 0.1) is 5.82 Å². The van der Waals surface area contributed by atoms with Crippen LogP contribution in [0.25, 0.3) is 10.3 Å². The molecule has 0 unspecified atom stereocenters. The molecule has 3 N–H and O–H groups in total. The first-order valence-electron chi connectivity index (χ1n) is 6.17. The Hall–Kier alpha value is -2.54. The van der Waals surface area contributed by atoms with Gasteiger partial charge in [0, 0.05) is 24.5 Å². The van der Waals surface area contributed by atoms with Crippen LogP contribution in [-0.4, -0.2) is 15.9 Å². The topological polar surface area (TPSA) is 80.9 Å². The average Bonchev–Trinajstić information content (AvgIpc) is 2.84. The van der Waals surface area contributed by atoms with Crippen LogP contribution in [0.1, 0.15) is 15.2 Å². The van der Waals surface area contributed by atoms with Crippen LogP contribution in [-0.2, 0) is 6.54 Å². The largest absolute Gasteiger partial charge is 0.396 e. The van der Waals surface area contributed by atoms with Gasteiger partial charge in [-0.05, 0) is 6.07 Å². The number of nitrogens with zero attached hydrogens (tertiary/aromatic N) is 2. The zero-order valence-corrected chi connectivity index (χ0v) is 11.7. The van der Waals surface area contributed by atoms with E-state index >= 15 is 0 Å². The van der Waals surface area contributed by atoms with E-state index in [1.807, 2.05) is 0 Å². The number of carbonyl (C=O) groups excluding carboxylic acids is 1. The van der Waals surface area contributed by atoms with Crippen LogP contribution in [0.3, 0.4) is 0 Å². The number of thiophene rings is 1. The molecule has 0 saturated heterocycles. The van der Waals surface area contributed by atoms with Crippen molar-refractivity contribution in [2.75, 3.05) is 5.73 Å². The maximum absolute atomic E-state index is 13.5. The average molecular weight is 302 g/mol. The van der Waals surface area contributed by atoms with E-state index in [0.717, 1.165) is 0 Å². The van der Waals surface area contributed by atoms with Gasteiger partial charge < -0.3 is 11.1 Å². The number of benzene rings is 1. The molecule has 0 spiro atoms. The van der Waals surface area contributed by atoms with Gasteiger partial charge in [-0.2, -0.15) is 0 Å². The molecule has 2 heterocycles. The lowest BCUT2D eigenvalue weighted by molar-refractivity contribution is 0.0955. The van der Waals surface area contributed by atoms with Crippen molar-refractivity contribution in [1.29, 1.82) is 0 Å². The van der Waals surface area contributed by atoms with Crippen molar-refractivity contribution >= 4 is 33.3 Å². The molecule has 0 atom stereocenters. The van der Waals surface area contributed by atoms with Crippen LogP contribution in [0.2, 0.25) is 0 Å². The van der Waals surface area contributed by atoms with Gasteiger partial charge >= 0.3 is 0 Å². The molecule has 5 nitrogen and oxygen atoms in total. The van der Waals surface area contributed by atoms with E-state index in [9.17, 15) is 9.18 Å². The van der Waals surface area contributed by atoms with Gasteiger partial charge in [0.05, 0.1) is 5.69 Å². The van der Waals surface area contributed by atoms with Crippen LogP contribution in [0.4, 0.5) is 10.1 Å². The molecular weight excluding hydrogens is 291 g/mol. The van der Waals surface area contributed by atoms with E-state index in [0.29, 0.717) is 26.5 Å². The summed E-state index contributed by atoms with van der Waals surface area (Å²) in [6.07, 6.45) is 3.06. The monoisotopic (exact) mass is 302 g/mol. The third-order valence-electron chi connectivity index (χ3n) is 2.97. The number of rotatable bonds is 3. The summed E-state index contributed by atoms with van der Waals surface area (Å²) in [4.78, 5) is 21.3. The van der Waals surface area contributed by atoms with Crippen LogP contribution in [0.15, 0.2) is 36.7 Å². The van der Waals surface area contributed by atoms with Crippen molar-refractivity contribution in [2.45, 2.75) is 6.54 Å². The second-order valence-corrected chi connectivity index (χ2v) is 5.33. The quantitative estimate of drug-likeness (QED) is 0.778. The number of nitrogens with one attached hydrogen (secondary N) is 1. The molecule has 21 heavy (non-hydrogen) atoms. The summed E-state index contributed by atoms with van der Waals surface area (Å²) in [5.41, 5.74) is 7.14. The summed E-state index contributed by atoms with van der Waals surface area (Å²) in [5.74, 6) is -0.717. The first-order chi connectivity index (χ1) is 10.2. The minimum Gasteiger partial charge on any atom is -0.396 e. The number of anilines is 1. The molecule has 1 amide bonds. The molecule has 0 bridgehead atoms. The van der Waals surface area contributed by atoms with Crippen molar-refractivity contribution in [2.24, 2.45) is 0 Å². The van der Waals surface area contributed by atoms with E-state index in [-0.39, 0.29) is 18.3 Å². The Morgan fingerprint density at radius 2 is 2.05 bits per heavy atom. The maximum Gasteiger partial charge on any atom is 0.263 e. The van der Waals surface area contributed by atoms with Gasteiger partial charge in [-0.15, -0.1) is 11.3 Å². The molecule has 0 aliphatic carbocycles. The zero-order valence-electron chi connectivity index (χ0n) is 10.8. The van der Waals surface area contributed by atoms with Gasteiger partial charge in [-0.25, -0.2) is 14.4 Å². The standard InChI is InChI=1S/C14H11FN4OS/c15-9-4-2-1-3-8(9)7-19-13(20)12-10(16)11-14(21-12)18-6-5-17-11/h1-6H,7,16H2,(H,19,20). The lowest BCUT2D eigenvalue weighted by Gasteiger charge is -2.05. The van der Waals surface area contributed by atoms with Crippen molar-refractivity contribution in [1.82, 2.24) is 15.3 Å². The predicted molar refractivity (Wildman–Crippen MR) is 79.4 cm³/mol. The highest BCUT2D eigenvalue weighted by Gasteiger charge is 2.17. The highest BCUT2D eigenvalue weighted by atomic mass is 32.1. The molecule has 2 aromatic heterocycles. The molecule has 7 heteroatoms. The Labute approximate surface area is 123 Å². The first kappa shape index (κ1) is 13.4. The van der Waals surface area contributed by atoms with Crippen molar-refractivity contribution in [3.63, 3.8) is 0 Å². The predicted octanol–water partition coefficient (Wildman–Crippen LogP) is 2.34. The Kier molecular flexibility index (Phi) is 3.49. The van der Waals surface area contributed by atoms with Gasteiger partial charge in [0.15, 0.2) is 0 Å². The minimum atomic E-state index is -0.361. The summed E-state index contributed by atoms with van der Waals surface area (Å²) < 4.78 is 13.5. The fraction of sp³-hybridized carbons (Fsp3) is 0.0714. The van der Waals surface area contributed by atoms with E-state index in [2.05, 4.69) is 15.3 Å². The summed E-state index contributed by atoms with van der Waals surface area (Å²) in [6.45, 7) is 0.0973. The second kappa shape index (κ2) is 5.45. The van der Waals surface area contributed by atoms with E-state index in [1.165, 1.54) is 23.6 Å². The van der Waals surface area contributed by atoms with E-state index in [1.54, 1.807) is 24.4 Å². The fourth-order valence-electron chi connectivity index (χ4n) is 1.91. The van der Waals surface area contributed by atoms with Gasteiger partial charge in [0.2, 0.25) is 0 Å². The van der Waals surface area contributed by atoms with Crippen LogP contribution >= 0.6 is 11.3 Å². The van der Waals surface area contributed by atoms with E-state index in [4.69, 9.17) is 5.73 Å². The van der Waals surface area contributed by atoms with Crippen molar-refractivity contribution < 1.29 is 9.18 Å². The molecule has 0 saturated carbocycles. The molecule has 3 aromatic rings. The summed E-state index contributed by atoms with van der Waals surface area (Å²) >= 11 is 1.17. The van der Waals surface area contributed by atoms with Crippen LogP contribution < -0.4 is 11.1 Å². The molecule has 0 radical (unpaired) electrons. The lowest BCUT2D eigenvalue weighted by Crippen LogP contribution is -2.23. The lowest BCUT2D eigenvalue weighted by atomic mass is 10.2. The number of amides is 1. The van der Waals surface area contributed by atoms with Gasteiger partial charge in [0.1, 0.15) is 21.0 Å². The van der Waals surface area contributed by atoms with Crippen molar-refractivity contribution in [3.05, 3.63) is 52.9 Å². The second-order valence-electron chi connectivity index (χ2n) is 4.33. The Balaban J connectivity index is 1.81. The number of hydrogen-bond acceptors (Lipinski definition) is 5. The number of hydrogen-bond donors (Lipinski definition) is 2. The molecule has 0 fully saturated rings. The number of halogens is 1. The molecule has 0 aliphatic heterocycles. The summed E-state index contributed by atoms with van der Waals surface area (Å²) in [7, 11) is 0. The maximum atomic E-state index is 13.5. The highest BCUT2D eigenvalue weighted by molar-refractivity contribution is 7.21. The number of nitrogen functional groups attached to an aromatic ring is 1. The van der Waals surface area contributed by atoms with E-state index < -0.39 is 0 Å². The number of carbonyl (C=O) groups is 1. The van der Waals surface area contributed by atoms with Crippen molar-refractivity contribution in [3.8, 4) is 0 Å². The van der Waals surface area contributed by atoms with Gasteiger partial charge in [0.25, 0.3) is 5.91 Å². The molecule has 3 rings (SSSR count). The normalized spacial score (nSPS) is 10.7. The summed E-state index contributed by atoms with van der Waals surface area (Å²) in [5, 5.41) is 2.65. The first-order valence-corrected chi connectivity index (χ1v) is 6.99. The number of nitrogens with two attached hydrogens (primary N) is 1. The number of fused-ring (bicyclic) bond motifs is 1. The fourth-order valence-corrected chi connectivity index (χ4v) is 2.85. The molecule has 106 valence electrons. The van der Waals surface area contributed by atoms with Crippen LogP contribution in [0.5, 0.6) is 0 Å². The Bertz CT molecular complexity index is 818. The zero-order chi connectivity index (χ0) is 14.8. The third kappa shape index (κ3) is 2.55. The smallest absolute Gasteiger partial charge is 0.263 e. The highest BCUT2D eigenvalue weighted by Crippen LogP contribution is 2.30. The van der Waals surface area contributed by atoms with Gasteiger partial charge in [-0.3, -0.25) is 4.79 Å². The van der Waals surface area contributed by atoms with Gasteiger partial charge in [-0.1, -0.05) is 18.2 Å². The SMILES string of the molecule is Nc1c(C(=O)NCc2ccccc2F)sc2nccnc12. The minimum absolute atomic E-state index is 0.0973. The Morgan fingerprint density at radius 3 is 2.81 bits per heavy atom. The molecule has 1 aromatic carbocycles. The molecule has 0 aliphatic rings. The summed E-state index contributed by atoms with van der Waals surface area (Å²) in [6, 6.07) is 6.28. The Morgan fingerprint density at radius 1 is 1.29 bits per heavy atom.